The van der Waals surface area contributed by atoms with E-state index in [2.05, 4.69) is 6.92 Å². The number of carbonyl (C=O) groups is 2. The summed E-state index contributed by atoms with van der Waals surface area (Å²) in [7, 11) is 0. The number of ketones is 1. The van der Waals surface area contributed by atoms with Gasteiger partial charge in [0.2, 0.25) is 0 Å². The molecule has 0 aromatic rings. The average molecular weight is 196 g/mol. The summed E-state index contributed by atoms with van der Waals surface area (Å²) >= 11 is 0. The molecule has 0 aromatic carbocycles. The number of rotatable bonds is 7. The van der Waals surface area contributed by atoms with E-state index in [0.717, 1.165) is 37.5 Å². The molecule has 0 aliphatic rings. The maximum Gasteiger partial charge on any atom is 0.168 e. The van der Waals surface area contributed by atoms with E-state index in [9.17, 15) is 9.59 Å². The van der Waals surface area contributed by atoms with Crippen LogP contribution in [0.4, 0.5) is 0 Å². The molecule has 1 unspecified atom stereocenters. The van der Waals surface area contributed by atoms with Gasteiger partial charge in [0.15, 0.2) is 5.78 Å². The SMILES string of the molecule is CCCC=C(CCC)C(=O)C(C)C=O. The number of aldehydes is 1. The van der Waals surface area contributed by atoms with E-state index >= 15 is 0 Å². The summed E-state index contributed by atoms with van der Waals surface area (Å²) in [6, 6.07) is 0. The highest BCUT2D eigenvalue weighted by Gasteiger charge is 2.15. The van der Waals surface area contributed by atoms with Gasteiger partial charge in [0.05, 0.1) is 5.92 Å². The van der Waals surface area contributed by atoms with Crippen LogP contribution >= 0.6 is 0 Å². The number of unbranched alkanes of at least 4 members (excludes halogenated alkanes) is 1. The van der Waals surface area contributed by atoms with Crippen molar-refractivity contribution in [3.05, 3.63) is 11.6 Å². The Morgan fingerprint density at radius 2 is 1.93 bits per heavy atom. The van der Waals surface area contributed by atoms with E-state index in [0.29, 0.717) is 0 Å². The van der Waals surface area contributed by atoms with Crippen molar-refractivity contribution in [1.82, 2.24) is 0 Å². The van der Waals surface area contributed by atoms with Gasteiger partial charge in [-0.05, 0) is 25.3 Å². The van der Waals surface area contributed by atoms with Crippen LogP contribution in [-0.2, 0) is 9.59 Å². The van der Waals surface area contributed by atoms with Gasteiger partial charge < -0.3 is 4.79 Å². The lowest BCUT2D eigenvalue weighted by molar-refractivity contribution is -0.124. The Bertz CT molecular complexity index is 216. The van der Waals surface area contributed by atoms with Crippen LogP contribution in [0.1, 0.15) is 46.5 Å². The van der Waals surface area contributed by atoms with E-state index in [1.54, 1.807) is 6.92 Å². The third-order valence-corrected chi connectivity index (χ3v) is 2.13. The Morgan fingerprint density at radius 3 is 2.36 bits per heavy atom. The molecule has 2 heteroatoms. The van der Waals surface area contributed by atoms with E-state index in [1.165, 1.54) is 0 Å². The number of allylic oxidation sites excluding steroid dienone is 2. The highest BCUT2D eigenvalue weighted by Crippen LogP contribution is 2.12. The Morgan fingerprint density at radius 1 is 1.29 bits per heavy atom. The molecule has 0 amide bonds. The van der Waals surface area contributed by atoms with Gasteiger partial charge in [-0.1, -0.05) is 32.8 Å². The van der Waals surface area contributed by atoms with Gasteiger partial charge in [0.1, 0.15) is 6.29 Å². The van der Waals surface area contributed by atoms with Crippen LogP contribution in [-0.4, -0.2) is 12.1 Å². The molecule has 0 saturated heterocycles. The molecule has 0 fully saturated rings. The standard InChI is InChI=1S/C12H20O2/c1-4-6-8-11(7-5-2)12(14)10(3)9-13/h8-10H,4-7H2,1-3H3. The van der Waals surface area contributed by atoms with Crippen molar-refractivity contribution in [1.29, 1.82) is 0 Å². The molecule has 0 heterocycles. The smallest absolute Gasteiger partial charge is 0.168 e. The lowest BCUT2D eigenvalue weighted by Crippen LogP contribution is -2.14. The number of carbonyl (C=O) groups excluding carboxylic acids is 2. The molecular formula is C12H20O2. The van der Waals surface area contributed by atoms with Crippen molar-refractivity contribution in [2.75, 3.05) is 0 Å². The molecule has 0 aromatic heterocycles. The third kappa shape index (κ3) is 4.35. The van der Waals surface area contributed by atoms with E-state index in [-0.39, 0.29) is 5.78 Å². The fraction of sp³-hybridized carbons (Fsp3) is 0.667. The van der Waals surface area contributed by atoms with Gasteiger partial charge in [-0.15, -0.1) is 0 Å². The monoisotopic (exact) mass is 196 g/mol. The van der Waals surface area contributed by atoms with Crippen LogP contribution in [0.3, 0.4) is 0 Å². The van der Waals surface area contributed by atoms with Gasteiger partial charge in [-0.25, -0.2) is 0 Å². The van der Waals surface area contributed by atoms with E-state index < -0.39 is 5.92 Å². The predicted molar refractivity (Wildman–Crippen MR) is 58.1 cm³/mol. The molecule has 0 radical (unpaired) electrons. The normalized spacial score (nSPS) is 13.8. The first-order valence-corrected chi connectivity index (χ1v) is 5.35. The fourth-order valence-corrected chi connectivity index (χ4v) is 1.27. The molecule has 80 valence electrons. The molecule has 0 aliphatic carbocycles. The van der Waals surface area contributed by atoms with Crippen LogP contribution < -0.4 is 0 Å². The minimum Gasteiger partial charge on any atom is -0.303 e. The van der Waals surface area contributed by atoms with Gasteiger partial charge in [-0.2, -0.15) is 0 Å². The summed E-state index contributed by atoms with van der Waals surface area (Å²) in [4.78, 5) is 22.2. The van der Waals surface area contributed by atoms with Gasteiger partial charge in [0.25, 0.3) is 0 Å². The fourth-order valence-electron chi connectivity index (χ4n) is 1.27. The van der Waals surface area contributed by atoms with Gasteiger partial charge in [-0.3, -0.25) is 4.79 Å². The summed E-state index contributed by atoms with van der Waals surface area (Å²) in [5.74, 6) is -0.486. The molecule has 0 spiro atoms. The topological polar surface area (TPSA) is 34.1 Å². The summed E-state index contributed by atoms with van der Waals surface area (Å²) in [5.41, 5.74) is 0.828. The lowest BCUT2D eigenvalue weighted by Gasteiger charge is -2.07. The van der Waals surface area contributed by atoms with Crippen molar-refractivity contribution in [3.8, 4) is 0 Å². The number of hydrogen-bond acceptors (Lipinski definition) is 2. The maximum atomic E-state index is 11.7. The highest BCUT2D eigenvalue weighted by atomic mass is 16.1. The zero-order valence-corrected chi connectivity index (χ0v) is 9.38. The molecule has 2 nitrogen and oxygen atoms in total. The van der Waals surface area contributed by atoms with Crippen LogP contribution in [0.15, 0.2) is 11.6 Å². The second-order valence-electron chi connectivity index (χ2n) is 3.56. The number of Topliss-reactive ketones (excluding diaryl/α,β-unsaturated/α-hetero) is 1. The molecular weight excluding hydrogens is 176 g/mol. The molecule has 0 aliphatic heterocycles. The maximum absolute atomic E-state index is 11.7. The average Bonchev–Trinajstić information content (AvgIpc) is 2.22. The molecule has 0 N–H and O–H groups in total. The van der Waals surface area contributed by atoms with Gasteiger partial charge >= 0.3 is 0 Å². The van der Waals surface area contributed by atoms with E-state index in [1.807, 2.05) is 13.0 Å². The van der Waals surface area contributed by atoms with Crippen LogP contribution in [0.5, 0.6) is 0 Å². The first-order valence-electron chi connectivity index (χ1n) is 5.35. The summed E-state index contributed by atoms with van der Waals surface area (Å²) < 4.78 is 0. The third-order valence-electron chi connectivity index (χ3n) is 2.13. The minimum absolute atomic E-state index is 0.00435. The molecule has 14 heavy (non-hydrogen) atoms. The summed E-state index contributed by atoms with van der Waals surface area (Å²) in [5, 5.41) is 0. The van der Waals surface area contributed by atoms with Crippen molar-refractivity contribution >= 4 is 12.1 Å². The van der Waals surface area contributed by atoms with Crippen molar-refractivity contribution in [2.45, 2.75) is 46.5 Å². The van der Waals surface area contributed by atoms with Crippen LogP contribution in [0.2, 0.25) is 0 Å². The predicted octanol–water partition coefficient (Wildman–Crippen LogP) is 2.92. The van der Waals surface area contributed by atoms with Crippen LogP contribution in [0, 0.1) is 5.92 Å². The minimum atomic E-state index is -0.482. The number of hydrogen-bond donors (Lipinski definition) is 0. The van der Waals surface area contributed by atoms with Crippen molar-refractivity contribution < 1.29 is 9.59 Å². The van der Waals surface area contributed by atoms with Crippen molar-refractivity contribution in [2.24, 2.45) is 5.92 Å². The molecule has 1 atom stereocenters. The highest BCUT2D eigenvalue weighted by molar-refractivity contribution is 6.04. The van der Waals surface area contributed by atoms with E-state index in [4.69, 9.17) is 0 Å². The molecule has 0 rings (SSSR count). The Labute approximate surface area is 86.4 Å². The second kappa shape index (κ2) is 7.48. The quantitative estimate of drug-likeness (QED) is 0.356. The summed E-state index contributed by atoms with van der Waals surface area (Å²) in [6.45, 7) is 5.77. The zero-order valence-electron chi connectivity index (χ0n) is 9.38. The van der Waals surface area contributed by atoms with Gasteiger partial charge in [0, 0.05) is 0 Å². The van der Waals surface area contributed by atoms with Crippen molar-refractivity contribution in [3.63, 3.8) is 0 Å². The second-order valence-corrected chi connectivity index (χ2v) is 3.56. The molecule has 0 bridgehead atoms. The first kappa shape index (κ1) is 13.1. The first-order chi connectivity index (χ1) is 6.67. The zero-order chi connectivity index (χ0) is 11.0. The molecule has 0 saturated carbocycles. The Hall–Kier alpha value is -0.920. The summed E-state index contributed by atoms with van der Waals surface area (Å²) in [6.07, 6.45) is 6.40. The van der Waals surface area contributed by atoms with Crippen LogP contribution in [0.25, 0.3) is 0 Å². The lowest BCUT2D eigenvalue weighted by atomic mass is 9.96. The Balaban J connectivity index is 4.47. The Kier molecular flexibility index (Phi) is 6.99. The largest absolute Gasteiger partial charge is 0.303 e.